The fraction of sp³-hybridized carbons (Fsp3) is 1.00. The van der Waals surface area contributed by atoms with Crippen molar-refractivity contribution in [1.82, 2.24) is 4.72 Å². The molecule has 5 heteroatoms. The van der Waals surface area contributed by atoms with Crippen LogP contribution in [-0.2, 0) is 10.0 Å². The van der Waals surface area contributed by atoms with E-state index in [2.05, 4.69) is 4.72 Å². The van der Waals surface area contributed by atoms with E-state index in [1.165, 1.54) is 0 Å². The lowest BCUT2D eigenvalue weighted by Crippen LogP contribution is -2.39. The molecule has 0 saturated carbocycles. The number of nitrogens with one attached hydrogen (secondary N) is 1. The SMILES string of the molecule is CC(C)CCS(=O)(=O)NC(C)CN. The third-order valence-corrected chi connectivity index (χ3v) is 3.23. The Hall–Kier alpha value is -0.130. The molecule has 13 heavy (non-hydrogen) atoms. The molecule has 0 spiro atoms. The first-order chi connectivity index (χ1) is 5.87. The van der Waals surface area contributed by atoms with E-state index in [-0.39, 0.29) is 11.8 Å². The maximum atomic E-state index is 11.3. The van der Waals surface area contributed by atoms with Crippen molar-refractivity contribution < 1.29 is 8.42 Å². The zero-order chi connectivity index (χ0) is 10.5. The highest BCUT2D eigenvalue weighted by Gasteiger charge is 2.13. The summed E-state index contributed by atoms with van der Waals surface area (Å²) in [6.45, 7) is 6.09. The summed E-state index contributed by atoms with van der Waals surface area (Å²) < 4.78 is 25.2. The Kier molecular flexibility index (Phi) is 5.51. The molecule has 0 rings (SSSR count). The number of hydrogen-bond donors (Lipinski definition) is 2. The van der Waals surface area contributed by atoms with Gasteiger partial charge in [0.1, 0.15) is 0 Å². The Balaban J connectivity index is 3.95. The fourth-order valence-electron chi connectivity index (χ4n) is 0.804. The largest absolute Gasteiger partial charge is 0.329 e. The van der Waals surface area contributed by atoms with E-state index in [4.69, 9.17) is 5.73 Å². The standard InChI is InChI=1S/C8H20N2O2S/c1-7(2)4-5-13(11,12)10-8(3)6-9/h7-8,10H,4-6,9H2,1-3H3. The summed E-state index contributed by atoms with van der Waals surface area (Å²) in [6.07, 6.45) is 0.687. The van der Waals surface area contributed by atoms with E-state index >= 15 is 0 Å². The van der Waals surface area contributed by atoms with Crippen LogP contribution in [0.3, 0.4) is 0 Å². The minimum absolute atomic E-state index is 0.169. The van der Waals surface area contributed by atoms with Crippen LogP contribution in [0.4, 0.5) is 0 Å². The van der Waals surface area contributed by atoms with Gasteiger partial charge in [-0.05, 0) is 19.3 Å². The Labute approximate surface area is 80.9 Å². The average Bonchev–Trinajstić information content (AvgIpc) is 2.00. The summed E-state index contributed by atoms with van der Waals surface area (Å²) in [5, 5.41) is 0. The van der Waals surface area contributed by atoms with Crippen LogP contribution in [0.5, 0.6) is 0 Å². The predicted octanol–water partition coefficient (Wildman–Crippen LogP) is 0.299. The van der Waals surface area contributed by atoms with Gasteiger partial charge in [0, 0.05) is 12.6 Å². The predicted molar refractivity (Wildman–Crippen MR) is 54.9 cm³/mol. The maximum absolute atomic E-state index is 11.3. The topological polar surface area (TPSA) is 72.2 Å². The summed E-state index contributed by atoms with van der Waals surface area (Å²) in [5.41, 5.74) is 5.31. The quantitative estimate of drug-likeness (QED) is 0.659. The van der Waals surface area contributed by atoms with Gasteiger partial charge in [0.05, 0.1) is 5.75 Å². The molecule has 0 aromatic heterocycles. The molecule has 0 heterocycles. The second kappa shape index (κ2) is 5.57. The molecule has 4 nitrogen and oxygen atoms in total. The minimum Gasteiger partial charge on any atom is -0.329 e. The third kappa shape index (κ3) is 6.98. The Morgan fingerprint density at radius 3 is 2.23 bits per heavy atom. The summed E-state index contributed by atoms with van der Waals surface area (Å²) in [6, 6.07) is -0.169. The molecule has 1 atom stereocenters. The lowest BCUT2D eigenvalue weighted by Gasteiger charge is -2.12. The molecule has 0 fully saturated rings. The van der Waals surface area contributed by atoms with Gasteiger partial charge >= 0.3 is 0 Å². The highest BCUT2D eigenvalue weighted by molar-refractivity contribution is 7.89. The zero-order valence-electron chi connectivity index (χ0n) is 8.58. The van der Waals surface area contributed by atoms with Crippen LogP contribution >= 0.6 is 0 Å². The normalized spacial score (nSPS) is 14.8. The zero-order valence-corrected chi connectivity index (χ0v) is 9.39. The van der Waals surface area contributed by atoms with Crippen molar-refractivity contribution in [2.24, 2.45) is 11.7 Å². The van der Waals surface area contributed by atoms with E-state index in [9.17, 15) is 8.42 Å². The van der Waals surface area contributed by atoms with E-state index in [0.717, 1.165) is 0 Å². The molecule has 0 aromatic carbocycles. The molecule has 1 unspecified atom stereocenters. The summed E-state index contributed by atoms with van der Waals surface area (Å²) in [4.78, 5) is 0. The van der Waals surface area contributed by atoms with Crippen molar-refractivity contribution >= 4 is 10.0 Å². The van der Waals surface area contributed by atoms with Gasteiger partial charge in [-0.2, -0.15) is 0 Å². The first kappa shape index (κ1) is 12.9. The number of sulfonamides is 1. The van der Waals surface area contributed by atoms with Crippen molar-refractivity contribution in [2.75, 3.05) is 12.3 Å². The Morgan fingerprint density at radius 1 is 1.31 bits per heavy atom. The Bertz CT molecular complexity index is 224. The number of nitrogens with two attached hydrogens (primary N) is 1. The second-order valence-electron chi connectivity index (χ2n) is 3.76. The van der Waals surface area contributed by atoms with Crippen LogP contribution in [0, 0.1) is 5.92 Å². The van der Waals surface area contributed by atoms with Crippen molar-refractivity contribution in [1.29, 1.82) is 0 Å². The monoisotopic (exact) mass is 208 g/mol. The van der Waals surface area contributed by atoms with Crippen molar-refractivity contribution in [2.45, 2.75) is 33.2 Å². The molecule has 0 aromatic rings. The number of rotatable bonds is 6. The maximum Gasteiger partial charge on any atom is 0.211 e. The van der Waals surface area contributed by atoms with E-state index in [1.807, 2.05) is 13.8 Å². The van der Waals surface area contributed by atoms with Gasteiger partial charge in [0.2, 0.25) is 10.0 Å². The molecule has 0 aliphatic rings. The summed E-state index contributed by atoms with van der Waals surface area (Å²) in [7, 11) is -3.12. The van der Waals surface area contributed by atoms with Gasteiger partial charge in [0.25, 0.3) is 0 Å². The van der Waals surface area contributed by atoms with Crippen molar-refractivity contribution in [3.63, 3.8) is 0 Å². The van der Waals surface area contributed by atoms with Crippen molar-refractivity contribution in [3.05, 3.63) is 0 Å². The first-order valence-corrected chi connectivity index (χ1v) is 6.22. The molecule has 0 saturated heterocycles. The number of hydrogen-bond acceptors (Lipinski definition) is 3. The minimum atomic E-state index is -3.12. The first-order valence-electron chi connectivity index (χ1n) is 4.57. The van der Waals surface area contributed by atoms with Gasteiger partial charge in [-0.15, -0.1) is 0 Å². The molecule has 0 bridgehead atoms. The molecule has 0 aliphatic heterocycles. The molecule has 0 radical (unpaired) electrons. The molecule has 80 valence electrons. The van der Waals surface area contributed by atoms with Crippen LogP contribution in [0.15, 0.2) is 0 Å². The molecule has 0 amide bonds. The smallest absolute Gasteiger partial charge is 0.211 e. The second-order valence-corrected chi connectivity index (χ2v) is 5.63. The van der Waals surface area contributed by atoms with Gasteiger partial charge < -0.3 is 5.73 Å². The molecular weight excluding hydrogens is 188 g/mol. The van der Waals surface area contributed by atoms with Crippen LogP contribution < -0.4 is 10.5 Å². The van der Waals surface area contributed by atoms with Gasteiger partial charge in [-0.25, -0.2) is 13.1 Å². The molecule has 0 aliphatic carbocycles. The van der Waals surface area contributed by atoms with E-state index in [1.54, 1.807) is 6.92 Å². The average molecular weight is 208 g/mol. The van der Waals surface area contributed by atoms with Crippen LogP contribution in [0.2, 0.25) is 0 Å². The van der Waals surface area contributed by atoms with Gasteiger partial charge in [-0.3, -0.25) is 0 Å². The van der Waals surface area contributed by atoms with Crippen molar-refractivity contribution in [3.8, 4) is 0 Å². The van der Waals surface area contributed by atoms with E-state index < -0.39 is 10.0 Å². The highest BCUT2D eigenvalue weighted by atomic mass is 32.2. The summed E-state index contributed by atoms with van der Waals surface area (Å²) >= 11 is 0. The lowest BCUT2D eigenvalue weighted by molar-refractivity contribution is 0.547. The Morgan fingerprint density at radius 2 is 1.85 bits per heavy atom. The van der Waals surface area contributed by atoms with Crippen LogP contribution in [0.25, 0.3) is 0 Å². The van der Waals surface area contributed by atoms with Crippen LogP contribution in [0.1, 0.15) is 27.2 Å². The fourth-order valence-corrected chi connectivity index (χ4v) is 2.41. The van der Waals surface area contributed by atoms with E-state index in [0.29, 0.717) is 18.9 Å². The highest BCUT2D eigenvalue weighted by Crippen LogP contribution is 2.02. The molecule has 3 N–H and O–H groups in total. The third-order valence-electron chi connectivity index (χ3n) is 1.70. The van der Waals surface area contributed by atoms with Gasteiger partial charge in [0.15, 0.2) is 0 Å². The van der Waals surface area contributed by atoms with Crippen LogP contribution in [-0.4, -0.2) is 26.8 Å². The van der Waals surface area contributed by atoms with Gasteiger partial charge in [-0.1, -0.05) is 13.8 Å². The molecular formula is C8H20N2O2S. The lowest BCUT2D eigenvalue weighted by atomic mass is 10.2. The summed E-state index contributed by atoms with van der Waals surface area (Å²) in [5.74, 6) is 0.597.